The second-order valence-electron chi connectivity index (χ2n) is 10.2. The number of rotatable bonds is 6. The lowest BCUT2D eigenvalue weighted by Crippen LogP contribution is -2.42. The van der Waals surface area contributed by atoms with E-state index in [1.54, 1.807) is 11.4 Å². The smallest absolute Gasteiger partial charge is 0.255 e. The fourth-order valence-corrected chi connectivity index (χ4v) is 5.76. The molecule has 8 nitrogen and oxygen atoms in total. The summed E-state index contributed by atoms with van der Waals surface area (Å²) in [6, 6.07) is 15.6. The maximum absolute atomic E-state index is 14.2. The average Bonchev–Trinajstić information content (AvgIpc) is 3.63. The number of fused-ring (bicyclic) bond motifs is 1. The quantitative estimate of drug-likeness (QED) is 0.297. The molecular weight excluding hydrogens is 553 g/mol. The lowest BCUT2D eigenvalue weighted by atomic mass is 10.0. The molecule has 1 aromatic heterocycles. The van der Waals surface area contributed by atoms with E-state index in [1.165, 1.54) is 34.1 Å². The van der Waals surface area contributed by atoms with Gasteiger partial charge in [-0.2, -0.15) is 0 Å². The molecule has 0 unspecified atom stereocenters. The number of piperazine rings is 1. The maximum Gasteiger partial charge on any atom is 0.255 e. The molecule has 2 aliphatic rings. The fourth-order valence-electron chi connectivity index (χ4n) is 5.23. The number of amides is 2. The first-order chi connectivity index (χ1) is 20.4. The van der Waals surface area contributed by atoms with Crippen molar-refractivity contribution in [2.24, 2.45) is 0 Å². The second-order valence-corrected chi connectivity index (χ2v) is 11.1. The number of nitrogens with zero attached hydrogens (tertiary/aromatic N) is 3. The summed E-state index contributed by atoms with van der Waals surface area (Å²) in [6.45, 7) is 5.13. The molecule has 0 aliphatic carbocycles. The van der Waals surface area contributed by atoms with E-state index in [9.17, 15) is 19.1 Å². The first-order valence-electron chi connectivity index (χ1n) is 13.6. The lowest BCUT2D eigenvalue weighted by molar-refractivity contribution is -0.120. The highest BCUT2D eigenvalue weighted by Crippen LogP contribution is 2.36. The van der Waals surface area contributed by atoms with Crippen molar-refractivity contribution in [1.29, 1.82) is 0 Å². The summed E-state index contributed by atoms with van der Waals surface area (Å²) in [5, 5.41) is 18.6. The Hall–Kier alpha value is -4.56. The van der Waals surface area contributed by atoms with Crippen molar-refractivity contribution in [2.75, 3.05) is 31.5 Å². The van der Waals surface area contributed by atoms with Crippen molar-refractivity contribution < 1.29 is 19.1 Å². The van der Waals surface area contributed by atoms with Gasteiger partial charge in [0.05, 0.1) is 0 Å². The van der Waals surface area contributed by atoms with Crippen LogP contribution in [0.15, 0.2) is 72.2 Å². The van der Waals surface area contributed by atoms with E-state index in [2.05, 4.69) is 44.5 Å². The number of aromatic hydroxyl groups is 1. The third-order valence-electron chi connectivity index (χ3n) is 7.37. The number of hydrogen-bond donors (Lipinski definition) is 3. The van der Waals surface area contributed by atoms with Crippen molar-refractivity contribution in [3.63, 3.8) is 0 Å². The molecule has 10 heteroatoms. The van der Waals surface area contributed by atoms with E-state index in [4.69, 9.17) is 0 Å². The lowest BCUT2D eigenvalue weighted by Gasteiger charge is -2.27. The highest BCUT2D eigenvalue weighted by molar-refractivity contribution is 7.13. The summed E-state index contributed by atoms with van der Waals surface area (Å²) >= 11 is 1.21. The van der Waals surface area contributed by atoms with Gasteiger partial charge in [-0.3, -0.25) is 19.8 Å². The van der Waals surface area contributed by atoms with Crippen LogP contribution in [0.1, 0.15) is 44.2 Å². The summed E-state index contributed by atoms with van der Waals surface area (Å²) in [4.78, 5) is 34.9. The molecule has 0 saturated carbocycles. The molecule has 4 aromatic rings. The Bertz CT molecular complexity index is 1670. The first kappa shape index (κ1) is 27.6. The van der Waals surface area contributed by atoms with E-state index in [-0.39, 0.29) is 17.9 Å². The number of anilines is 1. The predicted octanol–water partition coefficient (Wildman–Crippen LogP) is 4.13. The van der Waals surface area contributed by atoms with Crippen LogP contribution in [0.4, 0.5) is 9.52 Å². The van der Waals surface area contributed by atoms with Crippen molar-refractivity contribution in [3.8, 4) is 17.6 Å². The summed E-state index contributed by atoms with van der Waals surface area (Å²) < 4.78 is 14.2. The number of halogens is 1. The zero-order chi connectivity index (χ0) is 29.1. The summed E-state index contributed by atoms with van der Waals surface area (Å²) in [7, 11) is 0. The van der Waals surface area contributed by atoms with Gasteiger partial charge in [-0.1, -0.05) is 30.0 Å². The van der Waals surface area contributed by atoms with Crippen LogP contribution >= 0.6 is 11.3 Å². The average molecular weight is 582 g/mol. The van der Waals surface area contributed by atoms with Gasteiger partial charge in [0.15, 0.2) is 5.13 Å². The Balaban J connectivity index is 1.22. The molecule has 0 bridgehead atoms. The van der Waals surface area contributed by atoms with E-state index >= 15 is 0 Å². The molecule has 0 radical (unpaired) electrons. The van der Waals surface area contributed by atoms with Crippen molar-refractivity contribution in [2.45, 2.75) is 19.1 Å². The van der Waals surface area contributed by atoms with Gasteiger partial charge < -0.3 is 15.3 Å². The van der Waals surface area contributed by atoms with Crippen LogP contribution < -0.4 is 10.6 Å². The molecule has 42 heavy (non-hydrogen) atoms. The Labute approximate surface area is 246 Å². The molecule has 3 heterocycles. The zero-order valence-electron chi connectivity index (χ0n) is 22.6. The topological polar surface area (TPSA) is 97.8 Å². The highest BCUT2D eigenvalue weighted by Gasteiger charge is 2.39. The molecule has 2 aliphatic heterocycles. The third kappa shape index (κ3) is 6.04. The van der Waals surface area contributed by atoms with Gasteiger partial charge in [-0.25, -0.2) is 9.37 Å². The van der Waals surface area contributed by atoms with Crippen molar-refractivity contribution in [3.05, 3.63) is 111 Å². The third-order valence-corrected chi connectivity index (χ3v) is 8.06. The minimum absolute atomic E-state index is 0.00868. The number of carbonyl (C=O) groups excluding carboxylic acids is 2. The van der Waals surface area contributed by atoms with Crippen molar-refractivity contribution in [1.82, 2.24) is 20.1 Å². The van der Waals surface area contributed by atoms with Gasteiger partial charge in [-0.15, -0.1) is 11.3 Å². The van der Waals surface area contributed by atoms with Crippen LogP contribution in [0, 0.1) is 17.7 Å². The number of hydrogen-bond acceptors (Lipinski definition) is 7. The summed E-state index contributed by atoms with van der Waals surface area (Å²) in [5.74, 6) is 4.38. The fraction of sp³-hybridized carbons (Fsp3) is 0.219. The molecule has 3 aromatic carbocycles. The molecule has 6 rings (SSSR count). The Morgan fingerprint density at radius 3 is 2.60 bits per heavy atom. The summed E-state index contributed by atoms with van der Waals surface area (Å²) in [6.07, 6.45) is 1.54. The monoisotopic (exact) mass is 581 g/mol. The van der Waals surface area contributed by atoms with Crippen LogP contribution in [0.3, 0.4) is 0 Å². The highest BCUT2D eigenvalue weighted by atomic mass is 32.1. The minimum Gasteiger partial charge on any atom is -0.508 e. The molecular formula is C32H28FN5O3S. The van der Waals surface area contributed by atoms with Gasteiger partial charge in [0.25, 0.3) is 11.8 Å². The normalized spacial score (nSPS) is 15.5. The number of aromatic nitrogens is 1. The van der Waals surface area contributed by atoms with Crippen LogP contribution in [-0.2, 0) is 17.9 Å². The predicted molar refractivity (Wildman–Crippen MR) is 158 cm³/mol. The van der Waals surface area contributed by atoms with Crippen LogP contribution in [-0.4, -0.2) is 57.9 Å². The number of phenols is 1. The van der Waals surface area contributed by atoms with E-state index in [0.717, 1.165) is 50.4 Å². The van der Waals surface area contributed by atoms with E-state index in [1.807, 2.05) is 24.3 Å². The second kappa shape index (κ2) is 12.1. The standard InChI is InChI=1S/C32H28FN5O3S/c33-25-9-10-28(39)27(18-25)29(30(40)36-32-35-13-16-42-32)38-20-24-8-7-22(17-26(24)31(38)41)4-1-21-2-5-23(6-3-21)19-37-14-11-34-12-15-37/h2-3,5-10,13,16-18,29,34,39H,11-12,14-15,19-20H2,(H,35,36,40)/t29-/m1/s1. The zero-order valence-corrected chi connectivity index (χ0v) is 23.5. The maximum atomic E-state index is 14.2. The number of carbonyl (C=O) groups is 2. The SMILES string of the molecule is O=C(Nc1nccs1)[C@@H](c1cc(F)ccc1O)N1Cc2ccc(C#Cc3ccc(CN4CCNCC4)cc3)cc2C1=O. The van der Waals surface area contributed by atoms with Gasteiger partial charge >= 0.3 is 0 Å². The van der Waals surface area contributed by atoms with Crippen LogP contribution in [0.25, 0.3) is 0 Å². The Morgan fingerprint density at radius 1 is 1.07 bits per heavy atom. The number of thiazole rings is 1. The molecule has 1 saturated heterocycles. The largest absolute Gasteiger partial charge is 0.508 e. The Morgan fingerprint density at radius 2 is 1.83 bits per heavy atom. The Kier molecular flexibility index (Phi) is 7.97. The molecule has 1 fully saturated rings. The molecule has 3 N–H and O–H groups in total. The van der Waals surface area contributed by atoms with Crippen LogP contribution in [0.5, 0.6) is 5.75 Å². The van der Waals surface area contributed by atoms with Gasteiger partial charge in [0, 0.05) is 73.1 Å². The molecule has 1 atom stereocenters. The van der Waals surface area contributed by atoms with E-state index in [0.29, 0.717) is 21.8 Å². The number of benzene rings is 3. The van der Waals surface area contributed by atoms with Gasteiger partial charge in [-0.05, 0) is 53.6 Å². The van der Waals surface area contributed by atoms with E-state index < -0.39 is 23.7 Å². The number of phenolic OH excluding ortho intramolecular Hbond substituents is 1. The summed E-state index contributed by atoms with van der Waals surface area (Å²) in [5.41, 5.74) is 3.88. The molecule has 212 valence electrons. The van der Waals surface area contributed by atoms with Crippen LogP contribution in [0.2, 0.25) is 0 Å². The molecule has 2 amide bonds. The van der Waals surface area contributed by atoms with Gasteiger partial charge in [0.1, 0.15) is 17.6 Å². The van der Waals surface area contributed by atoms with Gasteiger partial charge in [0.2, 0.25) is 0 Å². The molecule has 0 spiro atoms. The van der Waals surface area contributed by atoms with Crippen molar-refractivity contribution >= 4 is 28.3 Å². The first-order valence-corrected chi connectivity index (χ1v) is 14.5. The minimum atomic E-state index is -1.28. The number of nitrogens with one attached hydrogen (secondary N) is 2.